The Labute approximate surface area is 210 Å². The molecule has 2 aromatic rings. The van der Waals surface area contributed by atoms with Crippen molar-refractivity contribution >= 4 is 29.2 Å². The maximum atomic E-state index is 12.4. The van der Waals surface area contributed by atoms with Crippen LogP contribution in [-0.2, 0) is 20.9 Å². The number of carbonyl (C=O) groups excluding carboxylic acids is 1. The first kappa shape index (κ1) is 30.0. The first-order chi connectivity index (χ1) is 17.1. The van der Waals surface area contributed by atoms with Crippen molar-refractivity contribution in [1.82, 2.24) is 20.2 Å². The fourth-order valence-electron chi connectivity index (χ4n) is 3.74. The van der Waals surface area contributed by atoms with Crippen LogP contribution in [-0.4, -0.2) is 73.9 Å². The molecule has 2 aromatic heterocycles. The number of aromatic nitrogens is 2. The minimum absolute atomic E-state index is 0.0234. The Morgan fingerprint density at radius 2 is 1.54 bits per heavy atom. The SMILES string of the molecule is O=C(O)C(F)(F)F.O=C(O)C(F)(F)F.O=C1NC2(CCN(Cc3nccs3)CC2)CC1c1ccncc1. The lowest BCUT2D eigenvalue weighted by Crippen LogP contribution is -2.50. The number of piperidine rings is 1. The van der Waals surface area contributed by atoms with E-state index in [1.54, 1.807) is 23.7 Å². The van der Waals surface area contributed by atoms with Crippen molar-refractivity contribution in [3.63, 3.8) is 0 Å². The molecule has 2 saturated heterocycles. The van der Waals surface area contributed by atoms with Crippen molar-refractivity contribution in [3.8, 4) is 0 Å². The van der Waals surface area contributed by atoms with E-state index in [9.17, 15) is 31.1 Å². The molecule has 0 radical (unpaired) electrons. The first-order valence-electron chi connectivity index (χ1n) is 10.6. The van der Waals surface area contributed by atoms with E-state index in [1.807, 2.05) is 23.7 Å². The number of halogens is 6. The highest BCUT2D eigenvalue weighted by Crippen LogP contribution is 2.39. The number of likely N-dealkylation sites (tertiary alicyclic amines) is 1. The highest BCUT2D eigenvalue weighted by molar-refractivity contribution is 7.09. The van der Waals surface area contributed by atoms with Crippen molar-refractivity contribution in [2.24, 2.45) is 0 Å². The molecule has 2 aliphatic heterocycles. The van der Waals surface area contributed by atoms with Crippen LogP contribution < -0.4 is 5.32 Å². The van der Waals surface area contributed by atoms with Gasteiger partial charge in [-0.2, -0.15) is 26.3 Å². The molecule has 0 saturated carbocycles. The average molecular weight is 556 g/mol. The Hall–Kier alpha value is -3.27. The molecule has 1 unspecified atom stereocenters. The van der Waals surface area contributed by atoms with Crippen LogP contribution in [0.2, 0.25) is 0 Å². The number of carboxylic acids is 2. The van der Waals surface area contributed by atoms with Gasteiger partial charge in [0.05, 0.1) is 12.5 Å². The minimum atomic E-state index is -5.08. The van der Waals surface area contributed by atoms with Crippen LogP contribution in [0.4, 0.5) is 26.3 Å². The number of hydrogen-bond donors (Lipinski definition) is 3. The molecule has 0 aliphatic carbocycles. The van der Waals surface area contributed by atoms with Crippen molar-refractivity contribution in [2.45, 2.75) is 49.6 Å². The van der Waals surface area contributed by atoms with Crippen LogP contribution in [0, 0.1) is 0 Å². The summed E-state index contributed by atoms with van der Waals surface area (Å²) in [5.74, 6) is -5.37. The van der Waals surface area contributed by atoms with E-state index < -0.39 is 24.3 Å². The zero-order valence-corrected chi connectivity index (χ0v) is 19.7. The highest BCUT2D eigenvalue weighted by Gasteiger charge is 2.46. The van der Waals surface area contributed by atoms with Crippen molar-refractivity contribution < 1.29 is 50.9 Å². The Morgan fingerprint density at radius 3 is 1.97 bits per heavy atom. The molecular formula is C21H22F6N4O5S. The maximum Gasteiger partial charge on any atom is 0.490 e. The Balaban J connectivity index is 0.000000286. The summed E-state index contributed by atoms with van der Waals surface area (Å²) in [6.07, 6.45) is -1.82. The van der Waals surface area contributed by atoms with Crippen LogP contribution in [0.3, 0.4) is 0 Å². The topological polar surface area (TPSA) is 133 Å². The molecule has 1 spiro atoms. The molecule has 9 nitrogen and oxygen atoms in total. The number of nitrogens with zero attached hydrogens (tertiary/aromatic N) is 3. The van der Waals surface area contributed by atoms with Gasteiger partial charge in [0, 0.05) is 42.6 Å². The van der Waals surface area contributed by atoms with Crippen LogP contribution >= 0.6 is 11.3 Å². The number of thiazole rings is 1. The summed E-state index contributed by atoms with van der Waals surface area (Å²) in [5.41, 5.74) is 1.06. The molecule has 3 N–H and O–H groups in total. The standard InChI is InChI=1S/C17H20N4OS.2C2HF3O2/c22-16-14(13-1-5-18-6-2-13)11-17(20-16)3-8-21(9-4-17)12-15-19-7-10-23-15;2*3-2(4,5)1(6)7/h1-2,5-7,10,14H,3-4,8-9,11-12H2,(H,20,22);2*(H,6,7). The number of carbonyl (C=O) groups is 3. The smallest absolute Gasteiger partial charge is 0.475 e. The summed E-state index contributed by atoms with van der Waals surface area (Å²) in [6, 6.07) is 3.92. The average Bonchev–Trinajstić information content (AvgIpc) is 3.43. The third-order valence-electron chi connectivity index (χ3n) is 5.55. The molecule has 1 atom stereocenters. The number of rotatable bonds is 3. The molecule has 37 heavy (non-hydrogen) atoms. The van der Waals surface area contributed by atoms with E-state index >= 15 is 0 Å². The monoisotopic (exact) mass is 556 g/mol. The summed E-state index contributed by atoms with van der Waals surface area (Å²) in [5, 5.41) is 20.7. The molecule has 0 aromatic carbocycles. The molecule has 1 amide bonds. The summed E-state index contributed by atoms with van der Waals surface area (Å²) >= 11 is 1.71. The van der Waals surface area contributed by atoms with Gasteiger partial charge in [-0.15, -0.1) is 11.3 Å². The number of aliphatic carboxylic acids is 2. The highest BCUT2D eigenvalue weighted by atomic mass is 32.1. The van der Waals surface area contributed by atoms with E-state index in [4.69, 9.17) is 19.8 Å². The fraction of sp³-hybridized carbons (Fsp3) is 0.476. The number of nitrogens with one attached hydrogen (secondary N) is 1. The summed E-state index contributed by atoms with van der Waals surface area (Å²) in [4.78, 5) is 41.1. The lowest BCUT2D eigenvalue weighted by Gasteiger charge is -2.39. The van der Waals surface area contributed by atoms with E-state index in [-0.39, 0.29) is 17.4 Å². The predicted molar refractivity (Wildman–Crippen MR) is 116 cm³/mol. The molecule has 2 aliphatic rings. The second-order valence-corrected chi connectivity index (χ2v) is 9.09. The Bertz CT molecular complexity index is 1020. The third-order valence-corrected chi connectivity index (χ3v) is 6.31. The first-order valence-corrected chi connectivity index (χ1v) is 11.4. The molecule has 204 valence electrons. The normalized spacial score (nSPS) is 19.2. The van der Waals surface area contributed by atoms with Gasteiger partial charge in [-0.05, 0) is 37.0 Å². The lowest BCUT2D eigenvalue weighted by molar-refractivity contribution is -0.193. The van der Waals surface area contributed by atoms with Crippen LogP contribution in [0.15, 0.2) is 36.1 Å². The van der Waals surface area contributed by atoms with Crippen molar-refractivity contribution in [1.29, 1.82) is 0 Å². The van der Waals surface area contributed by atoms with Crippen LogP contribution in [0.5, 0.6) is 0 Å². The quantitative estimate of drug-likeness (QED) is 0.490. The van der Waals surface area contributed by atoms with Gasteiger partial charge in [-0.3, -0.25) is 14.7 Å². The van der Waals surface area contributed by atoms with Gasteiger partial charge in [0.15, 0.2) is 0 Å². The summed E-state index contributed by atoms with van der Waals surface area (Å²) < 4.78 is 63.5. The number of carboxylic acid groups (broad SMARTS) is 2. The van der Waals surface area contributed by atoms with Crippen LogP contribution in [0.25, 0.3) is 0 Å². The molecule has 2 fully saturated rings. The fourth-order valence-corrected chi connectivity index (χ4v) is 4.40. The molecule has 16 heteroatoms. The molecule has 4 rings (SSSR count). The zero-order valence-electron chi connectivity index (χ0n) is 18.9. The molecule has 4 heterocycles. The van der Waals surface area contributed by atoms with Gasteiger partial charge < -0.3 is 15.5 Å². The van der Waals surface area contributed by atoms with Crippen molar-refractivity contribution in [3.05, 3.63) is 46.7 Å². The Kier molecular flexibility index (Phi) is 9.97. The maximum absolute atomic E-state index is 12.4. The van der Waals surface area contributed by atoms with Gasteiger partial charge in [0.25, 0.3) is 0 Å². The summed E-state index contributed by atoms with van der Waals surface area (Å²) in [6.45, 7) is 2.96. The Morgan fingerprint density at radius 1 is 1.03 bits per heavy atom. The molecular weight excluding hydrogens is 534 g/mol. The number of alkyl halides is 6. The van der Waals surface area contributed by atoms with E-state index in [0.717, 1.165) is 44.5 Å². The lowest BCUT2D eigenvalue weighted by atomic mass is 9.82. The van der Waals surface area contributed by atoms with Gasteiger partial charge in [0.1, 0.15) is 5.01 Å². The van der Waals surface area contributed by atoms with Crippen molar-refractivity contribution in [2.75, 3.05) is 13.1 Å². The number of pyridine rings is 1. The largest absolute Gasteiger partial charge is 0.490 e. The van der Waals surface area contributed by atoms with Crippen LogP contribution in [0.1, 0.15) is 35.8 Å². The predicted octanol–water partition coefficient (Wildman–Crippen LogP) is 3.44. The molecule has 0 bridgehead atoms. The second kappa shape index (κ2) is 12.3. The van der Waals surface area contributed by atoms with Gasteiger partial charge >= 0.3 is 24.3 Å². The van der Waals surface area contributed by atoms with E-state index in [0.29, 0.717) is 0 Å². The van der Waals surface area contributed by atoms with Gasteiger partial charge in [-0.25, -0.2) is 14.6 Å². The zero-order chi connectivity index (χ0) is 27.9. The van der Waals surface area contributed by atoms with Gasteiger partial charge in [-0.1, -0.05) is 0 Å². The van der Waals surface area contributed by atoms with E-state index in [1.165, 1.54) is 5.01 Å². The number of hydrogen-bond acceptors (Lipinski definition) is 7. The van der Waals surface area contributed by atoms with E-state index in [2.05, 4.69) is 20.2 Å². The summed E-state index contributed by atoms with van der Waals surface area (Å²) in [7, 11) is 0. The van der Waals surface area contributed by atoms with Gasteiger partial charge in [0.2, 0.25) is 5.91 Å². The third kappa shape index (κ3) is 9.27. The second-order valence-electron chi connectivity index (χ2n) is 8.11. The minimum Gasteiger partial charge on any atom is -0.475 e. The number of amides is 1.